The number of pyridine rings is 2. The smallest absolute Gasteiger partial charge is 0.341 e. The second-order valence-corrected chi connectivity index (χ2v) is 6.40. The highest BCUT2D eigenvalue weighted by molar-refractivity contribution is 7.98. The molecule has 0 bridgehead atoms. The van der Waals surface area contributed by atoms with Gasteiger partial charge in [0.2, 0.25) is 0 Å². The molecule has 3 aromatic rings. The summed E-state index contributed by atoms with van der Waals surface area (Å²) >= 11 is 1.18. The molecule has 0 amide bonds. The van der Waals surface area contributed by atoms with E-state index in [4.69, 9.17) is 9.47 Å². The number of ether oxygens (including phenoxy) is 2. The van der Waals surface area contributed by atoms with Gasteiger partial charge in [-0.15, -0.1) is 11.8 Å². The quantitative estimate of drug-likeness (QED) is 0.499. The molecule has 3 rings (SSSR count). The maximum atomic E-state index is 12.8. The highest BCUT2D eigenvalue weighted by atomic mass is 32.2. The maximum Gasteiger partial charge on any atom is 0.341 e. The van der Waals surface area contributed by atoms with Crippen LogP contribution >= 0.6 is 11.8 Å². The number of thioether (sulfide) groups is 1. The number of methoxy groups -OCH3 is 1. The minimum Gasteiger partial charge on any atom is -0.497 e. The number of carbonyl (C=O) groups is 1. The Morgan fingerprint density at radius 2 is 1.96 bits per heavy atom. The molecular formula is C20H16N2O4S. The third-order valence-electron chi connectivity index (χ3n) is 4.05. The fraction of sp³-hybridized carbons (Fsp3) is 0.150. The van der Waals surface area contributed by atoms with E-state index in [1.54, 1.807) is 55.8 Å². The Morgan fingerprint density at radius 1 is 1.22 bits per heavy atom. The lowest BCUT2D eigenvalue weighted by Crippen LogP contribution is -2.22. The van der Waals surface area contributed by atoms with E-state index in [0.717, 1.165) is 5.56 Å². The highest BCUT2D eigenvalue weighted by Crippen LogP contribution is 2.27. The lowest BCUT2D eigenvalue weighted by Gasteiger charge is -2.13. The number of rotatable bonds is 5. The summed E-state index contributed by atoms with van der Waals surface area (Å²) in [6.45, 7) is 0.0661. The number of esters is 1. The van der Waals surface area contributed by atoms with Crippen molar-refractivity contribution in [1.29, 1.82) is 5.26 Å². The van der Waals surface area contributed by atoms with E-state index in [0.29, 0.717) is 16.2 Å². The van der Waals surface area contributed by atoms with Crippen molar-refractivity contribution in [3.05, 3.63) is 75.7 Å². The molecule has 0 aliphatic rings. The summed E-state index contributed by atoms with van der Waals surface area (Å²) in [6, 6.07) is 14.1. The molecule has 0 spiro atoms. The van der Waals surface area contributed by atoms with Crippen LogP contribution < -0.4 is 10.3 Å². The molecule has 0 radical (unpaired) electrons. The third-order valence-corrected chi connectivity index (χ3v) is 4.87. The molecular weight excluding hydrogens is 364 g/mol. The van der Waals surface area contributed by atoms with E-state index in [-0.39, 0.29) is 17.7 Å². The zero-order valence-corrected chi connectivity index (χ0v) is 15.6. The maximum absolute atomic E-state index is 12.8. The van der Waals surface area contributed by atoms with Crippen LogP contribution in [-0.4, -0.2) is 23.7 Å². The topological polar surface area (TPSA) is 80.8 Å². The van der Waals surface area contributed by atoms with E-state index < -0.39 is 11.5 Å². The van der Waals surface area contributed by atoms with Gasteiger partial charge < -0.3 is 9.47 Å². The summed E-state index contributed by atoms with van der Waals surface area (Å²) < 4.78 is 11.9. The number of nitriles is 1. The largest absolute Gasteiger partial charge is 0.497 e. The van der Waals surface area contributed by atoms with Crippen molar-refractivity contribution in [3.63, 3.8) is 0 Å². The summed E-state index contributed by atoms with van der Waals surface area (Å²) in [6.07, 6.45) is 3.25. The van der Waals surface area contributed by atoms with Crippen molar-refractivity contribution >= 4 is 23.2 Å². The van der Waals surface area contributed by atoms with E-state index in [1.807, 2.05) is 6.07 Å². The Balaban J connectivity index is 2.01. The SMILES string of the molecule is COc1ccc(COC(=O)c2c(SC)c(C#N)c(=O)n3ccccc23)cc1. The van der Waals surface area contributed by atoms with Gasteiger partial charge in [0.25, 0.3) is 5.56 Å². The molecule has 0 fully saturated rings. The molecule has 0 N–H and O–H groups in total. The molecule has 0 unspecified atom stereocenters. The average molecular weight is 380 g/mol. The van der Waals surface area contributed by atoms with E-state index >= 15 is 0 Å². The van der Waals surface area contributed by atoms with Gasteiger partial charge in [0, 0.05) is 11.1 Å². The minimum atomic E-state index is -0.588. The highest BCUT2D eigenvalue weighted by Gasteiger charge is 2.23. The summed E-state index contributed by atoms with van der Waals surface area (Å²) in [4.78, 5) is 25.7. The molecule has 27 heavy (non-hydrogen) atoms. The molecule has 136 valence electrons. The predicted octanol–water partition coefficient (Wildman–Crippen LogP) is 3.26. The van der Waals surface area contributed by atoms with E-state index in [1.165, 1.54) is 22.4 Å². The van der Waals surface area contributed by atoms with Gasteiger partial charge in [-0.25, -0.2) is 4.79 Å². The Bertz CT molecular complexity index is 1100. The van der Waals surface area contributed by atoms with E-state index in [2.05, 4.69) is 0 Å². The number of fused-ring (bicyclic) bond motifs is 1. The van der Waals surface area contributed by atoms with Gasteiger partial charge in [-0.2, -0.15) is 5.26 Å². The van der Waals surface area contributed by atoms with Crippen LogP contribution in [0.2, 0.25) is 0 Å². The predicted molar refractivity (Wildman–Crippen MR) is 102 cm³/mol. The van der Waals surface area contributed by atoms with Gasteiger partial charge in [-0.3, -0.25) is 9.20 Å². The normalized spacial score (nSPS) is 10.4. The number of carbonyl (C=O) groups excluding carboxylic acids is 1. The fourth-order valence-corrected chi connectivity index (χ4v) is 3.45. The molecule has 0 aliphatic carbocycles. The number of nitrogens with zero attached hydrogens (tertiary/aromatic N) is 2. The van der Waals surface area contributed by atoms with Crippen LogP contribution in [0.15, 0.2) is 58.4 Å². The van der Waals surface area contributed by atoms with Crippen LogP contribution in [0.1, 0.15) is 21.5 Å². The molecule has 0 saturated heterocycles. The molecule has 0 aliphatic heterocycles. The van der Waals surface area contributed by atoms with Crippen LogP contribution in [0.4, 0.5) is 0 Å². The first-order valence-electron chi connectivity index (χ1n) is 8.02. The molecule has 2 aromatic heterocycles. The molecule has 0 saturated carbocycles. The minimum absolute atomic E-state index is 0.0661. The van der Waals surface area contributed by atoms with Gasteiger partial charge in [0.05, 0.1) is 18.2 Å². The van der Waals surface area contributed by atoms with Crippen molar-refractivity contribution in [2.24, 2.45) is 0 Å². The second-order valence-electron chi connectivity index (χ2n) is 5.58. The van der Waals surface area contributed by atoms with Crippen molar-refractivity contribution in [2.75, 3.05) is 13.4 Å². The van der Waals surface area contributed by atoms with Gasteiger partial charge >= 0.3 is 5.97 Å². The van der Waals surface area contributed by atoms with Gasteiger partial charge in [-0.05, 0) is 36.1 Å². The summed E-state index contributed by atoms with van der Waals surface area (Å²) in [7, 11) is 1.58. The van der Waals surface area contributed by atoms with Gasteiger partial charge in [0.1, 0.15) is 24.0 Å². The number of aromatic nitrogens is 1. The monoisotopic (exact) mass is 380 g/mol. The lowest BCUT2D eigenvalue weighted by atomic mass is 10.1. The fourth-order valence-electron chi connectivity index (χ4n) is 2.73. The van der Waals surface area contributed by atoms with Gasteiger partial charge in [-0.1, -0.05) is 18.2 Å². The Kier molecular flexibility index (Phi) is 5.48. The zero-order chi connectivity index (χ0) is 19.4. The molecule has 6 nitrogen and oxygen atoms in total. The van der Waals surface area contributed by atoms with Gasteiger partial charge in [0.15, 0.2) is 0 Å². The van der Waals surface area contributed by atoms with Crippen molar-refractivity contribution < 1.29 is 14.3 Å². The standard InChI is InChI=1S/C20H16N2O4S/c1-25-14-8-6-13(7-9-14)12-26-20(24)17-16-5-3-4-10-22(16)19(23)15(11-21)18(17)27-2/h3-10H,12H2,1-2H3. The van der Waals surface area contributed by atoms with Crippen molar-refractivity contribution in [1.82, 2.24) is 4.40 Å². The first-order valence-corrected chi connectivity index (χ1v) is 9.24. The molecule has 1 aromatic carbocycles. The van der Waals surface area contributed by atoms with E-state index in [9.17, 15) is 14.9 Å². The number of hydrogen-bond acceptors (Lipinski definition) is 6. The zero-order valence-electron chi connectivity index (χ0n) is 14.8. The number of benzene rings is 1. The van der Waals surface area contributed by atoms with Crippen LogP contribution in [0.25, 0.3) is 5.52 Å². The average Bonchev–Trinajstić information content (AvgIpc) is 2.72. The van der Waals surface area contributed by atoms with Crippen LogP contribution in [-0.2, 0) is 11.3 Å². The summed E-state index contributed by atoms with van der Waals surface area (Å²) in [5.41, 5.74) is 0.901. The lowest BCUT2D eigenvalue weighted by molar-refractivity contribution is 0.0470. The Morgan fingerprint density at radius 3 is 2.59 bits per heavy atom. The molecule has 0 atom stereocenters. The van der Waals surface area contributed by atoms with Crippen LogP contribution in [0, 0.1) is 11.3 Å². The molecule has 2 heterocycles. The number of hydrogen-bond donors (Lipinski definition) is 0. The first-order chi connectivity index (χ1) is 13.1. The third kappa shape index (κ3) is 3.52. The summed E-state index contributed by atoms with van der Waals surface area (Å²) in [5.74, 6) is 0.122. The van der Waals surface area contributed by atoms with Crippen LogP contribution in [0.3, 0.4) is 0 Å². The summed E-state index contributed by atoms with van der Waals surface area (Å²) in [5, 5.41) is 9.41. The second kappa shape index (κ2) is 7.98. The van der Waals surface area contributed by atoms with Crippen molar-refractivity contribution in [3.8, 4) is 11.8 Å². The Hall–Kier alpha value is -3.24. The Labute approximate surface area is 160 Å². The van der Waals surface area contributed by atoms with Crippen molar-refractivity contribution in [2.45, 2.75) is 11.5 Å². The first kappa shape index (κ1) is 18.5. The van der Waals surface area contributed by atoms with Crippen LogP contribution in [0.5, 0.6) is 5.75 Å². The molecule has 7 heteroatoms.